The van der Waals surface area contributed by atoms with Crippen molar-refractivity contribution < 1.29 is 22.7 Å². The van der Waals surface area contributed by atoms with Crippen LogP contribution in [0.4, 0.5) is 24.8 Å². The highest BCUT2D eigenvalue weighted by atomic mass is 19.4. The third kappa shape index (κ3) is 4.68. The van der Waals surface area contributed by atoms with E-state index in [0.717, 1.165) is 6.20 Å². The number of aromatic nitrogens is 2. The molecule has 2 aromatic rings. The first-order chi connectivity index (χ1) is 11.1. The van der Waals surface area contributed by atoms with Crippen molar-refractivity contribution in [1.82, 2.24) is 9.97 Å². The molecule has 0 aliphatic carbocycles. The summed E-state index contributed by atoms with van der Waals surface area (Å²) in [7, 11) is 0. The summed E-state index contributed by atoms with van der Waals surface area (Å²) in [5, 5.41) is 2.66. The molecule has 24 heavy (non-hydrogen) atoms. The third-order valence-electron chi connectivity index (χ3n) is 2.71. The SMILES string of the molecule is CC(C)(C)OC(=O)c1cnc(Nc2ccccc2)nc1C(F)(F)F. The van der Waals surface area contributed by atoms with Crippen LogP contribution in [-0.2, 0) is 10.9 Å². The Labute approximate surface area is 136 Å². The fourth-order valence-electron chi connectivity index (χ4n) is 1.79. The number of rotatable bonds is 3. The van der Waals surface area contributed by atoms with E-state index < -0.39 is 29.0 Å². The first-order valence-electron chi connectivity index (χ1n) is 7.06. The van der Waals surface area contributed by atoms with E-state index in [-0.39, 0.29) is 5.95 Å². The summed E-state index contributed by atoms with van der Waals surface area (Å²) in [4.78, 5) is 19.2. The molecule has 2 rings (SSSR count). The highest BCUT2D eigenvalue weighted by Gasteiger charge is 2.39. The number of hydrogen-bond acceptors (Lipinski definition) is 5. The Bertz CT molecular complexity index is 726. The minimum atomic E-state index is -4.82. The Kier molecular flexibility index (Phi) is 4.77. The molecule has 0 saturated carbocycles. The normalized spacial score (nSPS) is 11.9. The number of anilines is 2. The zero-order valence-electron chi connectivity index (χ0n) is 13.3. The molecule has 0 radical (unpaired) electrons. The van der Waals surface area contributed by atoms with E-state index in [9.17, 15) is 18.0 Å². The van der Waals surface area contributed by atoms with Gasteiger partial charge < -0.3 is 10.1 Å². The van der Waals surface area contributed by atoms with Gasteiger partial charge in [-0.15, -0.1) is 0 Å². The number of carbonyl (C=O) groups is 1. The molecule has 0 spiro atoms. The molecule has 8 heteroatoms. The summed E-state index contributed by atoms with van der Waals surface area (Å²) >= 11 is 0. The standard InChI is InChI=1S/C16H16F3N3O2/c1-15(2,3)24-13(23)11-9-20-14(22-12(11)16(17,18)19)21-10-7-5-4-6-8-10/h4-9H,1-3H3,(H,20,21,22). The average Bonchev–Trinajstić information content (AvgIpc) is 2.45. The average molecular weight is 339 g/mol. The summed E-state index contributed by atoms with van der Waals surface area (Å²) in [5.41, 5.74) is -2.47. The van der Waals surface area contributed by atoms with Crippen LogP contribution in [-0.4, -0.2) is 21.5 Å². The fraction of sp³-hybridized carbons (Fsp3) is 0.312. The van der Waals surface area contributed by atoms with Crippen molar-refractivity contribution in [2.75, 3.05) is 5.32 Å². The molecule has 0 aliphatic rings. The molecule has 1 aromatic carbocycles. The van der Waals surface area contributed by atoms with Gasteiger partial charge in [0.15, 0.2) is 5.69 Å². The Morgan fingerprint density at radius 3 is 2.29 bits per heavy atom. The van der Waals surface area contributed by atoms with Gasteiger partial charge in [-0.25, -0.2) is 14.8 Å². The molecule has 0 saturated heterocycles. The van der Waals surface area contributed by atoms with E-state index in [4.69, 9.17) is 4.74 Å². The predicted octanol–water partition coefficient (Wildman–Crippen LogP) is 4.19. The first-order valence-corrected chi connectivity index (χ1v) is 7.06. The number of esters is 1. The molecule has 0 amide bonds. The van der Waals surface area contributed by atoms with Gasteiger partial charge >= 0.3 is 12.1 Å². The fourth-order valence-corrected chi connectivity index (χ4v) is 1.79. The summed E-state index contributed by atoms with van der Waals surface area (Å²) in [5.74, 6) is -1.39. The van der Waals surface area contributed by atoms with Crippen molar-refractivity contribution in [3.05, 3.63) is 47.8 Å². The lowest BCUT2D eigenvalue weighted by molar-refractivity contribution is -0.141. The number of ether oxygens (including phenoxy) is 1. The third-order valence-corrected chi connectivity index (χ3v) is 2.71. The summed E-state index contributed by atoms with van der Waals surface area (Å²) in [6.07, 6.45) is -4.00. The van der Waals surface area contributed by atoms with Crippen molar-refractivity contribution in [2.24, 2.45) is 0 Å². The van der Waals surface area contributed by atoms with E-state index in [2.05, 4.69) is 15.3 Å². The number of carbonyl (C=O) groups excluding carboxylic acids is 1. The molecule has 0 fully saturated rings. The summed E-state index contributed by atoms with van der Waals surface area (Å²) < 4.78 is 44.7. The second-order valence-corrected chi connectivity index (χ2v) is 5.95. The zero-order chi connectivity index (χ0) is 18.0. The monoisotopic (exact) mass is 339 g/mol. The zero-order valence-corrected chi connectivity index (χ0v) is 13.3. The molecule has 0 unspecified atom stereocenters. The lowest BCUT2D eigenvalue weighted by Gasteiger charge is -2.20. The van der Waals surface area contributed by atoms with Crippen LogP contribution in [0.25, 0.3) is 0 Å². The molecule has 1 aromatic heterocycles. The lowest BCUT2D eigenvalue weighted by Crippen LogP contribution is -2.26. The molecule has 0 aliphatic heterocycles. The van der Waals surface area contributed by atoms with Gasteiger partial charge in [0.05, 0.1) is 0 Å². The molecule has 128 valence electrons. The molecule has 0 bridgehead atoms. The number of benzene rings is 1. The molecular weight excluding hydrogens is 323 g/mol. The van der Waals surface area contributed by atoms with Crippen LogP contribution in [0.15, 0.2) is 36.5 Å². The van der Waals surface area contributed by atoms with Gasteiger partial charge in [-0.2, -0.15) is 13.2 Å². The Balaban J connectivity index is 2.37. The van der Waals surface area contributed by atoms with Gasteiger partial charge in [0.2, 0.25) is 5.95 Å². The van der Waals surface area contributed by atoms with Crippen LogP contribution >= 0.6 is 0 Å². The minimum Gasteiger partial charge on any atom is -0.456 e. The molecule has 0 atom stereocenters. The van der Waals surface area contributed by atoms with Gasteiger partial charge in [-0.3, -0.25) is 0 Å². The smallest absolute Gasteiger partial charge is 0.434 e. The number of para-hydroxylation sites is 1. The van der Waals surface area contributed by atoms with Crippen LogP contribution in [0.5, 0.6) is 0 Å². The predicted molar refractivity (Wildman–Crippen MR) is 81.9 cm³/mol. The number of alkyl halides is 3. The molecular formula is C16H16F3N3O2. The van der Waals surface area contributed by atoms with Gasteiger partial charge in [0, 0.05) is 11.9 Å². The van der Waals surface area contributed by atoms with Crippen molar-refractivity contribution in [3.63, 3.8) is 0 Å². The van der Waals surface area contributed by atoms with E-state index in [1.165, 1.54) is 0 Å². The van der Waals surface area contributed by atoms with Gasteiger partial charge in [-0.05, 0) is 32.9 Å². The number of nitrogens with one attached hydrogen (secondary N) is 1. The van der Waals surface area contributed by atoms with Crippen molar-refractivity contribution in [3.8, 4) is 0 Å². The second-order valence-electron chi connectivity index (χ2n) is 5.95. The number of hydrogen-bond donors (Lipinski definition) is 1. The molecule has 1 heterocycles. The van der Waals surface area contributed by atoms with Crippen molar-refractivity contribution in [1.29, 1.82) is 0 Å². The maximum Gasteiger partial charge on any atom is 0.434 e. The van der Waals surface area contributed by atoms with E-state index in [1.54, 1.807) is 51.1 Å². The minimum absolute atomic E-state index is 0.263. The second kappa shape index (κ2) is 6.46. The van der Waals surface area contributed by atoms with Crippen molar-refractivity contribution >= 4 is 17.6 Å². The quantitative estimate of drug-likeness (QED) is 0.849. The summed E-state index contributed by atoms with van der Waals surface area (Å²) in [6.45, 7) is 4.68. The molecule has 1 N–H and O–H groups in total. The van der Waals surface area contributed by atoms with Gasteiger partial charge in [-0.1, -0.05) is 18.2 Å². The van der Waals surface area contributed by atoms with Crippen LogP contribution < -0.4 is 5.32 Å². The van der Waals surface area contributed by atoms with Gasteiger partial charge in [0.1, 0.15) is 11.2 Å². The Morgan fingerprint density at radius 2 is 1.75 bits per heavy atom. The maximum absolute atomic E-state index is 13.2. The first kappa shape index (κ1) is 17.7. The van der Waals surface area contributed by atoms with Gasteiger partial charge in [0.25, 0.3) is 0 Å². The van der Waals surface area contributed by atoms with Crippen LogP contribution in [0.3, 0.4) is 0 Å². The largest absolute Gasteiger partial charge is 0.456 e. The maximum atomic E-state index is 13.2. The summed E-state index contributed by atoms with van der Waals surface area (Å²) in [6, 6.07) is 8.49. The number of nitrogens with zero attached hydrogens (tertiary/aromatic N) is 2. The highest BCUT2D eigenvalue weighted by molar-refractivity contribution is 5.91. The topological polar surface area (TPSA) is 64.1 Å². The molecule has 5 nitrogen and oxygen atoms in total. The van der Waals surface area contributed by atoms with Crippen LogP contribution in [0, 0.1) is 0 Å². The van der Waals surface area contributed by atoms with Crippen LogP contribution in [0.1, 0.15) is 36.8 Å². The number of halogens is 3. The Hall–Kier alpha value is -2.64. The highest BCUT2D eigenvalue weighted by Crippen LogP contribution is 2.32. The van der Waals surface area contributed by atoms with E-state index >= 15 is 0 Å². The van der Waals surface area contributed by atoms with E-state index in [1.807, 2.05) is 0 Å². The lowest BCUT2D eigenvalue weighted by atomic mass is 10.1. The Morgan fingerprint density at radius 1 is 1.12 bits per heavy atom. The van der Waals surface area contributed by atoms with Crippen molar-refractivity contribution in [2.45, 2.75) is 32.5 Å². The van der Waals surface area contributed by atoms with Crippen LogP contribution in [0.2, 0.25) is 0 Å². The van der Waals surface area contributed by atoms with E-state index in [0.29, 0.717) is 5.69 Å².